The van der Waals surface area contributed by atoms with Crippen LogP contribution in [0.5, 0.6) is 0 Å². The minimum absolute atomic E-state index is 0.0681. The number of nitrogen functional groups attached to an aromatic ring is 1. The molecule has 0 aromatic heterocycles. The third-order valence-corrected chi connectivity index (χ3v) is 5.35. The molecule has 1 aliphatic carbocycles. The number of hydrogen-bond donors (Lipinski definition) is 2. The van der Waals surface area contributed by atoms with Crippen molar-refractivity contribution in [2.24, 2.45) is 0 Å². The molecule has 0 radical (unpaired) electrons. The van der Waals surface area contributed by atoms with Crippen LogP contribution < -0.4 is 11.1 Å². The number of thioether (sulfide) groups is 1. The molecule has 0 amide bonds. The van der Waals surface area contributed by atoms with Crippen LogP contribution in [0.3, 0.4) is 0 Å². The van der Waals surface area contributed by atoms with E-state index in [0.717, 1.165) is 6.54 Å². The molecule has 1 aromatic rings. The second-order valence-corrected chi connectivity index (χ2v) is 6.48. The molecule has 2 nitrogen and oxygen atoms in total. The number of rotatable bonds is 4. The van der Waals surface area contributed by atoms with Gasteiger partial charge in [0, 0.05) is 17.4 Å². The number of hydrogen-bond acceptors (Lipinski definition) is 3. The Bertz CT molecular complexity index is 433. The molecule has 0 unspecified atom stereocenters. The number of nitrogens with two attached hydrogens (primary N) is 1. The topological polar surface area (TPSA) is 38.0 Å². The molecule has 1 fully saturated rings. The maximum Gasteiger partial charge on any atom is 0.143 e. The highest BCUT2D eigenvalue weighted by Crippen LogP contribution is 2.40. The minimum atomic E-state index is -0.432. The summed E-state index contributed by atoms with van der Waals surface area (Å²) in [5.41, 5.74) is 6.97. The summed E-state index contributed by atoms with van der Waals surface area (Å²) in [5, 5.41) is 3.34. The van der Waals surface area contributed by atoms with Gasteiger partial charge >= 0.3 is 0 Å². The largest absolute Gasteiger partial charge is 0.397 e. The molecule has 0 saturated heterocycles. The number of nitrogens with one attached hydrogen (secondary N) is 1. The Morgan fingerprint density at radius 2 is 2.11 bits per heavy atom. The Morgan fingerprint density at radius 1 is 1.44 bits per heavy atom. The fourth-order valence-corrected chi connectivity index (χ4v) is 3.53. The predicted octanol–water partition coefficient (Wildman–Crippen LogP) is 4.15. The molecule has 5 heteroatoms. The van der Waals surface area contributed by atoms with Crippen molar-refractivity contribution in [3.05, 3.63) is 23.0 Å². The van der Waals surface area contributed by atoms with E-state index in [1.165, 1.54) is 37.8 Å². The van der Waals surface area contributed by atoms with Gasteiger partial charge in [0.15, 0.2) is 0 Å². The van der Waals surface area contributed by atoms with E-state index in [9.17, 15) is 4.39 Å². The van der Waals surface area contributed by atoms with Crippen LogP contribution in [0, 0.1) is 5.82 Å². The summed E-state index contributed by atoms with van der Waals surface area (Å²) >= 11 is 7.57. The standard InChI is InChI=1S/C13H18ClFN2S/c1-18-13(4-2-3-5-13)8-17-12-7-10(15)9(14)6-11(12)16/h6-7,17H,2-5,8,16H2,1H3. The molecule has 0 aliphatic heterocycles. The second kappa shape index (κ2) is 5.57. The molecule has 3 N–H and O–H groups in total. The van der Waals surface area contributed by atoms with Gasteiger partial charge in [0.2, 0.25) is 0 Å². The molecule has 18 heavy (non-hydrogen) atoms. The van der Waals surface area contributed by atoms with Gasteiger partial charge in [-0.2, -0.15) is 11.8 Å². The summed E-state index contributed by atoms with van der Waals surface area (Å²) in [6, 6.07) is 2.83. The van der Waals surface area contributed by atoms with Crippen molar-refractivity contribution in [3.63, 3.8) is 0 Å². The van der Waals surface area contributed by atoms with Crippen molar-refractivity contribution in [2.45, 2.75) is 30.4 Å². The van der Waals surface area contributed by atoms with Crippen LogP contribution in [0.1, 0.15) is 25.7 Å². The van der Waals surface area contributed by atoms with Crippen LogP contribution in [0.2, 0.25) is 5.02 Å². The molecule has 100 valence electrons. The Labute approximate surface area is 116 Å². The monoisotopic (exact) mass is 288 g/mol. The van der Waals surface area contributed by atoms with Crippen LogP contribution in [0.4, 0.5) is 15.8 Å². The molecule has 1 aliphatic rings. The first-order valence-corrected chi connectivity index (χ1v) is 7.70. The van der Waals surface area contributed by atoms with Crippen molar-refractivity contribution in [1.29, 1.82) is 0 Å². The summed E-state index contributed by atoms with van der Waals surface area (Å²) in [7, 11) is 0. The Morgan fingerprint density at radius 3 is 2.72 bits per heavy atom. The van der Waals surface area contributed by atoms with E-state index in [1.54, 1.807) is 0 Å². The third kappa shape index (κ3) is 2.86. The van der Waals surface area contributed by atoms with Crippen LogP contribution in [0.15, 0.2) is 12.1 Å². The zero-order valence-electron chi connectivity index (χ0n) is 10.4. The zero-order chi connectivity index (χ0) is 13.2. The van der Waals surface area contributed by atoms with Crippen LogP contribution >= 0.6 is 23.4 Å². The summed E-state index contributed by atoms with van der Waals surface area (Å²) in [5.74, 6) is -0.432. The van der Waals surface area contributed by atoms with E-state index in [0.29, 0.717) is 11.4 Å². The van der Waals surface area contributed by atoms with E-state index < -0.39 is 5.82 Å². The highest BCUT2D eigenvalue weighted by molar-refractivity contribution is 8.00. The second-order valence-electron chi connectivity index (χ2n) is 4.80. The molecule has 0 heterocycles. The van der Waals surface area contributed by atoms with Gasteiger partial charge in [-0.3, -0.25) is 0 Å². The summed E-state index contributed by atoms with van der Waals surface area (Å²) < 4.78 is 13.7. The molecule has 0 bridgehead atoms. The van der Waals surface area contributed by atoms with Gasteiger partial charge < -0.3 is 11.1 Å². The summed E-state index contributed by atoms with van der Waals surface area (Å²) in [4.78, 5) is 0. The van der Waals surface area contributed by atoms with Crippen molar-refractivity contribution in [2.75, 3.05) is 23.9 Å². The molecule has 0 atom stereocenters. The fraction of sp³-hybridized carbons (Fsp3) is 0.538. The molecule has 2 rings (SSSR count). The molecular formula is C13H18ClFN2S. The minimum Gasteiger partial charge on any atom is -0.397 e. The normalized spacial score (nSPS) is 17.9. The van der Waals surface area contributed by atoms with E-state index in [2.05, 4.69) is 11.6 Å². The molecule has 0 spiro atoms. The first-order chi connectivity index (χ1) is 8.56. The Kier molecular flexibility index (Phi) is 4.28. The van der Waals surface area contributed by atoms with Gasteiger partial charge in [0.25, 0.3) is 0 Å². The average molecular weight is 289 g/mol. The molecule has 1 aromatic carbocycles. The lowest BCUT2D eigenvalue weighted by Crippen LogP contribution is -2.30. The summed E-state index contributed by atoms with van der Waals surface area (Å²) in [6.45, 7) is 0.819. The van der Waals surface area contributed by atoms with E-state index in [1.807, 2.05) is 11.8 Å². The van der Waals surface area contributed by atoms with Crippen molar-refractivity contribution in [1.82, 2.24) is 0 Å². The number of anilines is 2. The number of halogens is 2. The summed E-state index contributed by atoms with van der Waals surface area (Å²) in [6.07, 6.45) is 7.09. The van der Waals surface area contributed by atoms with Crippen molar-refractivity contribution in [3.8, 4) is 0 Å². The smallest absolute Gasteiger partial charge is 0.143 e. The zero-order valence-corrected chi connectivity index (χ0v) is 12.0. The van der Waals surface area contributed by atoms with Crippen LogP contribution in [-0.4, -0.2) is 17.5 Å². The molecule has 1 saturated carbocycles. The molecular weight excluding hydrogens is 271 g/mol. The highest BCUT2D eigenvalue weighted by atomic mass is 35.5. The SMILES string of the molecule is CSC1(CNc2cc(F)c(Cl)cc2N)CCCC1. The lowest BCUT2D eigenvalue weighted by molar-refractivity contribution is 0.625. The van der Waals surface area contributed by atoms with Crippen molar-refractivity contribution >= 4 is 34.7 Å². The Hall–Kier alpha value is -0.610. The van der Waals surface area contributed by atoms with E-state index in [-0.39, 0.29) is 9.77 Å². The van der Waals surface area contributed by atoms with E-state index >= 15 is 0 Å². The van der Waals surface area contributed by atoms with E-state index in [4.69, 9.17) is 17.3 Å². The Balaban J connectivity index is 2.08. The predicted molar refractivity (Wildman–Crippen MR) is 79.0 cm³/mol. The fourth-order valence-electron chi connectivity index (χ4n) is 2.44. The van der Waals surface area contributed by atoms with Crippen LogP contribution in [0.25, 0.3) is 0 Å². The van der Waals surface area contributed by atoms with Gasteiger partial charge in [-0.1, -0.05) is 24.4 Å². The lowest BCUT2D eigenvalue weighted by Gasteiger charge is -2.27. The number of benzene rings is 1. The van der Waals surface area contributed by atoms with Gasteiger partial charge in [0.05, 0.1) is 16.4 Å². The first kappa shape index (κ1) is 13.8. The maximum absolute atomic E-state index is 13.4. The average Bonchev–Trinajstić information content (AvgIpc) is 2.82. The highest BCUT2D eigenvalue weighted by Gasteiger charge is 2.32. The van der Waals surface area contributed by atoms with Gasteiger partial charge in [-0.15, -0.1) is 0 Å². The quantitative estimate of drug-likeness (QED) is 0.818. The first-order valence-electron chi connectivity index (χ1n) is 6.10. The maximum atomic E-state index is 13.4. The van der Waals surface area contributed by atoms with Gasteiger partial charge in [-0.25, -0.2) is 4.39 Å². The lowest BCUT2D eigenvalue weighted by atomic mass is 10.1. The third-order valence-electron chi connectivity index (χ3n) is 3.64. The van der Waals surface area contributed by atoms with Gasteiger partial charge in [0.1, 0.15) is 5.82 Å². The van der Waals surface area contributed by atoms with Gasteiger partial charge in [-0.05, 0) is 25.2 Å². The van der Waals surface area contributed by atoms with Crippen molar-refractivity contribution < 1.29 is 4.39 Å². The van der Waals surface area contributed by atoms with Crippen LogP contribution in [-0.2, 0) is 0 Å².